The fourth-order valence-corrected chi connectivity index (χ4v) is 3.21. The van der Waals surface area contributed by atoms with Crippen LogP contribution in [0.2, 0.25) is 0 Å². The van der Waals surface area contributed by atoms with Crippen LogP contribution in [0.4, 0.5) is 11.4 Å². The summed E-state index contributed by atoms with van der Waals surface area (Å²) in [4.78, 5) is 0.168. The van der Waals surface area contributed by atoms with Gasteiger partial charge in [-0.1, -0.05) is 17.7 Å². The molecule has 0 bridgehead atoms. The van der Waals surface area contributed by atoms with Crippen LogP contribution in [0, 0.1) is 6.92 Å². The zero-order chi connectivity index (χ0) is 14.9. The number of hydrogen-bond acceptors (Lipinski definition) is 3. The van der Waals surface area contributed by atoms with Crippen molar-refractivity contribution in [1.82, 2.24) is 0 Å². The van der Waals surface area contributed by atoms with Crippen LogP contribution in [-0.4, -0.2) is 15.5 Å². The summed E-state index contributed by atoms with van der Waals surface area (Å²) in [5, 5.41) is 0. The van der Waals surface area contributed by atoms with Crippen LogP contribution in [0.15, 0.2) is 51.8 Å². The molecule has 2 N–H and O–H groups in total. The zero-order valence-corrected chi connectivity index (χ0v) is 13.6. The van der Waals surface area contributed by atoms with Crippen molar-refractivity contribution >= 4 is 37.3 Å². The number of hydrogen-bond donors (Lipinski definition) is 1. The van der Waals surface area contributed by atoms with E-state index in [1.54, 1.807) is 18.2 Å². The van der Waals surface area contributed by atoms with Gasteiger partial charge in [-0.15, -0.1) is 0 Å². The lowest BCUT2D eigenvalue weighted by Gasteiger charge is -2.20. The second-order valence-electron chi connectivity index (χ2n) is 4.49. The van der Waals surface area contributed by atoms with Gasteiger partial charge in [-0.3, -0.25) is 4.31 Å². The molecule has 0 saturated carbocycles. The smallest absolute Gasteiger partial charge is 0.264 e. The second-order valence-corrected chi connectivity index (χ2v) is 7.31. The normalized spacial score (nSPS) is 11.3. The van der Waals surface area contributed by atoms with Gasteiger partial charge in [0.05, 0.1) is 10.6 Å². The molecular formula is C14H15BrN2O2S. The van der Waals surface area contributed by atoms with Gasteiger partial charge in [-0.25, -0.2) is 8.42 Å². The van der Waals surface area contributed by atoms with Gasteiger partial charge < -0.3 is 5.73 Å². The van der Waals surface area contributed by atoms with E-state index in [0.29, 0.717) is 15.8 Å². The average Bonchev–Trinajstić information content (AvgIpc) is 2.41. The van der Waals surface area contributed by atoms with Gasteiger partial charge in [0.2, 0.25) is 0 Å². The number of anilines is 2. The van der Waals surface area contributed by atoms with E-state index in [4.69, 9.17) is 5.73 Å². The third-order valence-corrected chi connectivity index (χ3v) is 5.53. The summed E-state index contributed by atoms with van der Waals surface area (Å²) in [5.74, 6) is 0. The number of nitrogens with two attached hydrogens (primary N) is 1. The van der Waals surface area contributed by atoms with E-state index in [-0.39, 0.29) is 4.90 Å². The molecule has 2 aromatic rings. The molecule has 6 heteroatoms. The number of rotatable bonds is 3. The maximum atomic E-state index is 12.5. The Morgan fingerprint density at radius 1 is 1.10 bits per heavy atom. The first kappa shape index (κ1) is 14.9. The van der Waals surface area contributed by atoms with E-state index in [0.717, 1.165) is 5.56 Å². The summed E-state index contributed by atoms with van der Waals surface area (Å²) in [6.45, 7) is 1.95. The van der Waals surface area contributed by atoms with E-state index in [9.17, 15) is 8.42 Å². The molecule has 0 radical (unpaired) electrons. The molecule has 0 atom stereocenters. The predicted octanol–water partition coefficient (Wildman–Crippen LogP) is 3.16. The molecule has 20 heavy (non-hydrogen) atoms. The standard InChI is InChI=1S/C14H15BrN2O2S/c1-10-3-5-11(6-4-10)17(2)20(18,19)12-7-8-13(15)14(16)9-12/h3-9H,16H2,1-2H3. The summed E-state index contributed by atoms with van der Waals surface area (Å²) >= 11 is 3.25. The Morgan fingerprint density at radius 3 is 2.25 bits per heavy atom. The van der Waals surface area contributed by atoms with Crippen molar-refractivity contribution in [2.45, 2.75) is 11.8 Å². The minimum Gasteiger partial charge on any atom is -0.398 e. The van der Waals surface area contributed by atoms with Crippen molar-refractivity contribution in [3.05, 3.63) is 52.5 Å². The van der Waals surface area contributed by atoms with Crippen molar-refractivity contribution in [2.24, 2.45) is 0 Å². The van der Waals surface area contributed by atoms with Crippen molar-refractivity contribution in [3.63, 3.8) is 0 Å². The second kappa shape index (κ2) is 5.46. The van der Waals surface area contributed by atoms with Crippen LogP contribution in [0.25, 0.3) is 0 Å². The molecule has 0 unspecified atom stereocenters. The third-order valence-electron chi connectivity index (χ3n) is 3.02. The topological polar surface area (TPSA) is 63.4 Å². The lowest BCUT2D eigenvalue weighted by Crippen LogP contribution is -2.26. The van der Waals surface area contributed by atoms with Gasteiger partial charge in [-0.05, 0) is 53.2 Å². The molecule has 0 aromatic heterocycles. The Labute approximate surface area is 127 Å². The Kier molecular flexibility index (Phi) is 4.06. The Balaban J connectivity index is 2.43. The van der Waals surface area contributed by atoms with E-state index >= 15 is 0 Å². The Morgan fingerprint density at radius 2 is 1.70 bits per heavy atom. The van der Waals surface area contributed by atoms with Crippen LogP contribution < -0.4 is 10.0 Å². The average molecular weight is 355 g/mol. The molecule has 0 aliphatic carbocycles. The summed E-state index contributed by atoms with van der Waals surface area (Å²) in [6.07, 6.45) is 0. The van der Waals surface area contributed by atoms with E-state index in [1.165, 1.54) is 23.5 Å². The van der Waals surface area contributed by atoms with Gasteiger partial charge in [0.25, 0.3) is 10.0 Å². The number of nitrogen functional groups attached to an aromatic ring is 1. The maximum Gasteiger partial charge on any atom is 0.264 e. The molecule has 106 valence electrons. The highest BCUT2D eigenvalue weighted by Gasteiger charge is 2.21. The number of sulfonamides is 1. The van der Waals surface area contributed by atoms with Gasteiger partial charge in [0.1, 0.15) is 0 Å². The van der Waals surface area contributed by atoms with Crippen molar-refractivity contribution < 1.29 is 8.42 Å². The van der Waals surface area contributed by atoms with Crippen molar-refractivity contribution in [3.8, 4) is 0 Å². The number of halogens is 1. The first-order chi connectivity index (χ1) is 9.32. The minimum atomic E-state index is -3.61. The Bertz CT molecular complexity index is 727. The summed E-state index contributed by atoms with van der Waals surface area (Å²) in [5.41, 5.74) is 7.82. The molecule has 2 aromatic carbocycles. The predicted molar refractivity (Wildman–Crippen MR) is 85.3 cm³/mol. The zero-order valence-electron chi connectivity index (χ0n) is 11.2. The van der Waals surface area contributed by atoms with Crippen LogP contribution in [0.3, 0.4) is 0 Å². The first-order valence-corrected chi connectivity index (χ1v) is 8.16. The molecule has 0 heterocycles. The molecule has 0 amide bonds. The van der Waals surface area contributed by atoms with Crippen LogP contribution in [0.1, 0.15) is 5.56 Å². The van der Waals surface area contributed by atoms with Gasteiger partial charge >= 0.3 is 0 Å². The summed E-state index contributed by atoms with van der Waals surface area (Å²) in [6, 6.07) is 11.9. The Hall–Kier alpha value is -1.53. The summed E-state index contributed by atoms with van der Waals surface area (Å²) in [7, 11) is -2.09. The molecule has 2 rings (SSSR count). The highest BCUT2D eigenvalue weighted by Crippen LogP contribution is 2.27. The van der Waals surface area contributed by atoms with Crippen LogP contribution >= 0.6 is 15.9 Å². The van der Waals surface area contributed by atoms with E-state index < -0.39 is 10.0 Å². The van der Waals surface area contributed by atoms with E-state index in [1.807, 2.05) is 19.1 Å². The van der Waals surface area contributed by atoms with Crippen molar-refractivity contribution in [2.75, 3.05) is 17.1 Å². The molecule has 0 spiro atoms. The highest BCUT2D eigenvalue weighted by molar-refractivity contribution is 9.10. The molecule has 0 fully saturated rings. The minimum absolute atomic E-state index is 0.168. The van der Waals surface area contributed by atoms with Crippen molar-refractivity contribution in [1.29, 1.82) is 0 Å². The molecule has 4 nitrogen and oxygen atoms in total. The fourth-order valence-electron chi connectivity index (χ4n) is 1.73. The molecule has 0 aliphatic heterocycles. The summed E-state index contributed by atoms with van der Waals surface area (Å²) < 4.78 is 27.0. The van der Waals surface area contributed by atoms with Crippen LogP contribution in [-0.2, 0) is 10.0 Å². The lowest BCUT2D eigenvalue weighted by atomic mass is 10.2. The number of benzene rings is 2. The molecule has 0 aliphatic rings. The van der Waals surface area contributed by atoms with Gasteiger partial charge in [0.15, 0.2) is 0 Å². The number of aryl methyl sites for hydroxylation is 1. The van der Waals surface area contributed by atoms with E-state index in [2.05, 4.69) is 15.9 Å². The lowest BCUT2D eigenvalue weighted by molar-refractivity contribution is 0.594. The molecule has 0 saturated heterocycles. The largest absolute Gasteiger partial charge is 0.398 e. The van der Waals surface area contributed by atoms with Gasteiger partial charge in [0, 0.05) is 17.2 Å². The fraction of sp³-hybridized carbons (Fsp3) is 0.143. The quantitative estimate of drug-likeness (QED) is 0.861. The van der Waals surface area contributed by atoms with Gasteiger partial charge in [-0.2, -0.15) is 0 Å². The first-order valence-electron chi connectivity index (χ1n) is 5.93. The highest BCUT2D eigenvalue weighted by atomic mass is 79.9. The van der Waals surface area contributed by atoms with Crippen LogP contribution in [0.5, 0.6) is 0 Å². The molecular weight excluding hydrogens is 340 g/mol. The maximum absolute atomic E-state index is 12.5. The third kappa shape index (κ3) is 2.81. The SMILES string of the molecule is Cc1ccc(N(C)S(=O)(=O)c2ccc(Br)c(N)c2)cc1. The monoisotopic (exact) mass is 354 g/mol. The number of nitrogens with zero attached hydrogens (tertiary/aromatic N) is 1.